The highest BCUT2D eigenvalue weighted by Gasteiger charge is 2.70. The van der Waals surface area contributed by atoms with Crippen LogP contribution in [0.1, 0.15) is 124 Å². The molecule has 1 fully saturated rings. The van der Waals surface area contributed by atoms with E-state index in [4.69, 9.17) is 9.05 Å². The smallest absolute Gasteiger partial charge is 0.289 e. The number of hydrogen-bond acceptors (Lipinski definition) is 3. The Bertz CT molecular complexity index is 1700. The molecule has 0 radical (unpaired) electrons. The van der Waals surface area contributed by atoms with Crippen LogP contribution in [0.3, 0.4) is 0 Å². The van der Waals surface area contributed by atoms with Gasteiger partial charge in [-0.05, 0) is 110 Å². The molecule has 0 aromatic heterocycles. The zero-order valence-electron chi connectivity index (χ0n) is 28.9. The molecule has 0 amide bonds. The molecule has 0 unspecified atom stereocenters. The molecular weight excluding hydrogens is 581 g/mol. The fourth-order valence-corrected chi connectivity index (χ4v) is 13.5. The van der Waals surface area contributed by atoms with Crippen LogP contribution in [0.15, 0.2) is 84.9 Å². The molecule has 4 aromatic carbocycles. The molecule has 1 aliphatic heterocycles. The molecule has 4 aromatic rings. The number of aryl methyl sites for hydroxylation is 2. The van der Waals surface area contributed by atoms with Crippen LogP contribution in [0.25, 0.3) is 0 Å². The molecule has 3 aliphatic carbocycles. The largest absolute Gasteiger partial charge is 0.442 e. The number of hydrogen-bond donors (Lipinski definition) is 0. The summed E-state index contributed by atoms with van der Waals surface area (Å²) in [5.41, 5.74) is 11.2. The topological polar surface area (TPSA) is 21.7 Å². The number of nitrogens with zero attached hydrogens (tertiary/aromatic N) is 1. The third-order valence-corrected chi connectivity index (χ3v) is 15.2. The average Bonchev–Trinajstić information content (AvgIpc) is 3.80. The summed E-state index contributed by atoms with van der Waals surface area (Å²) in [6, 6.07) is 31.8. The van der Waals surface area contributed by atoms with Gasteiger partial charge in [0.1, 0.15) is 0 Å². The van der Waals surface area contributed by atoms with Crippen LogP contribution < -0.4 is 9.05 Å². The van der Waals surface area contributed by atoms with Crippen LogP contribution in [0.5, 0.6) is 11.5 Å². The van der Waals surface area contributed by atoms with Gasteiger partial charge in [0.25, 0.3) is 0 Å². The summed E-state index contributed by atoms with van der Waals surface area (Å²) in [4.78, 5) is 0. The highest BCUT2D eigenvalue weighted by Crippen LogP contribution is 2.80. The van der Waals surface area contributed by atoms with Crippen molar-refractivity contribution in [3.63, 3.8) is 0 Å². The first kappa shape index (κ1) is 30.2. The second-order valence-electron chi connectivity index (χ2n) is 16.1. The Hall–Kier alpha value is -3.13. The first-order chi connectivity index (χ1) is 21.9. The molecule has 4 heteroatoms. The van der Waals surface area contributed by atoms with Crippen LogP contribution >= 0.6 is 7.87 Å². The highest BCUT2D eigenvalue weighted by molar-refractivity contribution is 7.66. The Morgan fingerprint density at radius 2 is 1.07 bits per heavy atom. The van der Waals surface area contributed by atoms with Crippen molar-refractivity contribution in [2.24, 2.45) is 0 Å². The van der Waals surface area contributed by atoms with Gasteiger partial charge in [0.2, 0.25) is 0 Å². The quantitative estimate of drug-likeness (QED) is 0.198. The fraction of sp³-hybridized carbons (Fsp3) is 0.429. The minimum absolute atomic E-state index is 0.0265. The van der Waals surface area contributed by atoms with E-state index in [1.165, 1.54) is 44.5 Å². The molecule has 0 saturated heterocycles. The van der Waals surface area contributed by atoms with E-state index in [1.807, 2.05) is 0 Å². The molecule has 0 bridgehead atoms. The van der Waals surface area contributed by atoms with Crippen molar-refractivity contribution >= 4 is 7.87 Å². The van der Waals surface area contributed by atoms with E-state index in [0.717, 1.165) is 37.2 Å². The molecule has 1 spiro atoms. The SMILES string of the molecule is Cc1cc2c3c(c1)C(C)(C)CC31CC(C)(C)c3cc(C)cc(c31)O[P+](C1CC1)(N([C@H](C)c1ccccc1)[C@H](C)c1ccccc1)O2. The molecule has 4 aliphatic rings. The molecular formula is C42H49NO2P+. The Kier molecular flexibility index (Phi) is 6.69. The second kappa shape index (κ2) is 10.2. The van der Waals surface area contributed by atoms with Crippen molar-refractivity contribution < 1.29 is 9.05 Å². The first-order valence-corrected chi connectivity index (χ1v) is 19.0. The predicted octanol–water partition coefficient (Wildman–Crippen LogP) is 11.5. The monoisotopic (exact) mass is 630 g/mol. The molecule has 46 heavy (non-hydrogen) atoms. The molecule has 1 saturated carbocycles. The molecule has 2 atom stereocenters. The third-order valence-electron chi connectivity index (χ3n) is 11.5. The van der Waals surface area contributed by atoms with Crippen LogP contribution in [-0.4, -0.2) is 10.3 Å². The number of rotatable bonds is 6. The molecule has 8 rings (SSSR count). The lowest BCUT2D eigenvalue weighted by molar-refractivity contribution is 0.224. The maximum Gasteiger partial charge on any atom is 0.442 e. The van der Waals surface area contributed by atoms with Crippen molar-refractivity contribution in [1.29, 1.82) is 0 Å². The Labute approximate surface area is 276 Å². The average molecular weight is 631 g/mol. The number of benzene rings is 4. The van der Waals surface area contributed by atoms with Crippen LogP contribution in [0, 0.1) is 13.8 Å². The van der Waals surface area contributed by atoms with Gasteiger partial charge in [-0.3, -0.25) is 9.05 Å². The van der Waals surface area contributed by atoms with Crippen molar-refractivity contribution in [1.82, 2.24) is 4.67 Å². The third kappa shape index (κ3) is 4.37. The van der Waals surface area contributed by atoms with Gasteiger partial charge in [0.15, 0.2) is 17.2 Å². The minimum Gasteiger partial charge on any atom is -0.289 e. The maximum atomic E-state index is 7.89. The van der Waals surface area contributed by atoms with Gasteiger partial charge in [0.05, 0.1) is 12.1 Å². The maximum absolute atomic E-state index is 7.89. The summed E-state index contributed by atoms with van der Waals surface area (Å²) in [5, 5.41) is 0. The summed E-state index contributed by atoms with van der Waals surface area (Å²) in [5.74, 6) is 2.14. The van der Waals surface area contributed by atoms with Gasteiger partial charge in [-0.1, -0.05) is 100 Å². The predicted molar refractivity (Wildman–Crippen MR) is 191 cm³/mol. The zero-order valence-corrected chi connectivity index (χ0v) is 29.7. The van der Waals surface area contributed by atoms with E-state index >= 15 is 0 Å². The normalized spacial score (nSPS) is 22.1. The van der Waals surface area contributed by atoms with Crippen molar-refractivity contribution in [3.05, 3.63) is 129 Å². The van der Waals surface area contributed by atoms with Crippen LogP contribution in [0.4, 0.5) is 0 Å². The van der Waals surface area contributed by atoms with Crippen molar-refractivity contribution in [2.75, 3.05) is 0 Å². The summed E-state index contributed by atoms with van der Waals surface area (Å²) < 4.78 is 18.5. The summed E-state index contributed by atoms with van der Waals surface area (Å²) in [7, 11) is -2.77. The Morgan fingerprint density at radius 3 is 1.46 bits per heavy atom. The van der Waals surface area contributed by atoms with Gasteiger partial charge < -0.3 is 0 Å². The molecule has 0 N–H and O–H groups in total. The first-order valence-electron chi connectivity index (χ1n) is 17.3. The Balaban J connectivity index is 1.45. The Morgan fingerprint density at radius 1 is 0.652 bits per heavy atom. The lowest BCUT2D eigenvalue weighted by Gasteiger charge is -2.43. The molecule has 3 nitrogen and oxygen atoms in total. The van der Waals surface area contributed by atoms with Crippen molar-refractivity contribution in [2.45, 2.75) is 115 Å². The standard InChI is InChI=1S/C42H49NO2P/c1-27-21-34-38-36(23-27)44-46(33-19-20-33,43(29(3)31-15-11-9-12-16-31)30(4)32-17-13-10-14-18-32)45-37-24-28(2)22-35-39(37)42(38,25-40(34,5)6)26-41(35,7)8/h9-18,21-24,29-30,33H,19-20,25-26H2,1-8H3/q+1/t29-,30-,42?/m1/s1. The van der Waals surface area contributed by atoms with Gasteiger partial charge in [0, 0.05) is 16.5 Å². The van der Waals surface area contributed by atoms with E-state index in [-0.39, 0.29) is 28.3 Å². The van der Waals surface area contributed by atoms with Gasteiger partial charge >= 0.3 is 7.87 Å². The second-order valence-corrected chi connectivity index (χ2v) is 18.8. The van der Waals surface area contributed by atoms with E-state index < -0.39 is 7.87 Å². The van der Waals surface area contributed by atoms with Gasteiger partial charge in [-0.15, -0.1) is 4.67 Å². The molecule has 238 valence electrons. The van der Waals surface area contributed by atoms with Crippen LogP contribution in [-0.2, 0) is 16.2 Å². The van der Waals surface area contributed by atoms with Gasteiger partial charge in [-0.25, -0.2) is 0 Å². The lowest BCUT2D eigenvalue weighted by Crippen LogP contribution is -2.39. The van der Waals surface area contributed by atoms with E-state index in [2.05, 4.69) is 145 Å². The van der Waals surface area contributed by atoms with E-state index in [1.54, 1.807) is 0 Å². The van der Waals surface area contributed by atoms with Crippen LogP contribution in [0.2, 0.25) is 0 Å². The minimum atomic E-state index is -2.77. The van der Waals surface area contributed by atoms with E-state index in [0.29, 0.717) is 5.66 Å². The fourth-order valence-electron chi connectivity index (χ4n) is 9.67. The summed E-state index contributed by atoms with van der Waals surface area (Å²) in [6.45, 7) is 19.0. The summed E-state index contributed by atoms with van der Waals surface area (Å²) in [6.07, 6.45) is 4.39. The molecule has 1 heterocycles. The van der Waals surface area contributed by atoms with Crippen molar-refractivity contribution in [3.8, 4) is 11.5 Å². The zero-order chi connectivity index (χ0) is 32.2. The summed E-state index contributed by atoms with van der Waals surface area (Å²) >= 11 is 0. The van der Waals surface area contributed by atoms with Gasteiger partial charge in [-0.2, -0.15) is 0 Å². The highest BCUT2D eigenvalue weighted by atomic mass is 31.2. The lowest BCUT2D eigenvalue weighted by atomic mass is 9.72. The van der Waals surface area contributed by atoms with E-state index in [9.17, 15) is 0 Å².